The van der Waals surface area contributed by atoms with Gasteiger partial charge in [0.2, 0.25) is 5.91 Å². The molecule has 1 fully saturated rings. The number of hydrogen-bond donors (Lipinski definition) is 2. The number of hydrogen-bond acceptors (Lipinski definition) is 4. The molecule has 1 amide bonds. The van der Waals surface area contributed by atoms with Gasteiger partial charge in [0.15, 0.2) is 0 Å². The fourth-order valence-corrected chi connectivity index (χ4v) is 3.94. The second-order valence-corrected chi connectivity index (χ2v) is 7.12. The standard InChI is InChI=1S/C17H19BrN4O2/c18-13-4-1-3-11-7-12(10-24-16(11)13)17(23)21-14-8-19-9-15(14)22-6-2-5-20-22/h1-6,12,14-15,19H,7-10H2,(H,21,23)/t12?,14-,15+/m1/s1. The average Bonchev–Trinajstić information content (AvgIpc) is 3.25. The summed E-state index contributed by atoms with van der Waals surface area (Å²) in [6.07, 6.45) is 4.41. The SMILES string of the molecule is O=C(N[C@@H]1CNC[C@@H]1n1cccn1)C1COc2c(Br)cccc2C1. The van der Waals surface area contributed by atoms with Gasteiger partial charge >= 0.3 is 0 Å². The van der Waals surface area contributed by atoms with Crippen molar-refractivity contribution in [2.75, 3.05) is 19.7 Å². The lowest BCUT2D eigenvalue weighted by molar-refractivity contribution is -0.127. The van der Waals surface area contributed by atoms with E-state index in [0.29, 0.717) is 13.0 Å². The van der Waals surface area contributed by atoms with E-state index >= 15 is 0 Å². The summed E-state index contributed by atoms with van der Waals surface area (Å²) in [6.45, 7) is 1.98. The number of nitrogens with one attached hydrogen (secondary N) is 2. The molecule has 1 saturated heterocycles. The van der Waals surface area contributed by atoms with Crippen LogP contribution in [-0.4, -0.2) is 41.4 Å². The predicted molar refractivity (Wildman–Crippen MR) is 92.9 cm³/mol. The minimum Gasteiger partial charge on any atom is -0.491 e. The first-order valence-corrected chi connectivity index (χ1v) is 8.92. The van der Waals surface area contributed by atoms with E-state index in [0.717, 1.165) is 28.9 Å². The number of aromatic nitrogens is 2. The molecule has 0 spiro atoms. The lowest BCUT2D eigenvalue weighted by Crippen LogP contribution is -2.46. The normalized spacial score (nSPS) is 25.8. The summed E-state index contributed by atoms with van der Waals surface area (Å²) in [7, 11) is 0. The smallest absolute Gasteiger partial charge is 0.227 e. The minimum absolute atomic E-state index is 0.0429. The lowest BCUT2D eigenvalue weighted by atomic mass is 9.95. The molecule has 126 valence electrons. The van der Waals surface area contributed by atoms with Gasteiger partial charge in [-0.3, -0.25) is 9.48 Å². The van der Waals surface area contributed by atoms with Crippen molar-refractivity contribution in [3.05, 3.63) is 46.7 Å². The fourth-order valence-electron chi connectivity index (χ4n) is 3.42. The Balaban J connectivity index is 1.43. The number of fused-ring (bicyclic) bond motifs is 1. The second-order valence-electron chi connectivity index (χ2n) is 6.27. The third kappa shape index (κ3) is 2.93. The van der Waals surface area contributed by atoms with Crippen molar-refractivity contribution in [2.45, 2.75) is 18.5 Å². The number of amides is 1. The third-order valence-electron chi connectivity index (χ3n) is 4.69. The Bertz CT molecular complexity index is 734. The van der Waals surface area contributed by atoms with Crippen LogP contribution in [0.5, 0.6) is 5.75 Å². The number of nitrogens with zero attached hydrogens (tertiary/aromatic N) is 2. The molecule has 2 N–H and O–H groups in total. The number of halogens is 1. The lowest BCUT2D eigenvalue weighted by Gasteiger charge is -2.28. The van der Waals surface area contributed by atoms with Gasteiger partial charge in [-0.25, -0.2) is 0 Å². The Labute approximate surface area is 148 Å². The quantitative estimate of drug-likeness (QED) is 0.833. The van der Waals surface area contributed by atoms with Crippen LogP contribution in [0.15, 0.2) is 41.1 Å². The van der Waals surface area contributed by atoms with Gasteiger partial charge in [0.05, 0.1) is 22.5 Å². The van der Waals surface area contributed by atoms with E-state index in [-0.39, 0.29) is 23.9 Å². The highest BCUT2D eigenvalue weighted by atomic mass is 79.9. The van der Waals surface area contributed by atoms with Crippen LogP contribution in [-0.2, 0) is 11.2 Å². The maximum absolute atomic E-state index is 12.7. The molecule has 6 nitrogen and oxygen atoms in total. The molecule has 1 aromatic heterocycles. The Morgan fingerprint density at radius 1 is 1.38 bits per heavy atom. The van der Waals surface area contributed by atoms with Crippen LogP contribution in [0.4, 0.5) is 0 Å². The molecule has 1 aromatic carbocycles. The Hall–Kier alpha value is -1.86. The van der Waals surface area contributed by atoms with Crippen LogP contribution >= 0.6 is 15.9 Å². The molecule has 0 bridgehead atoms. The van der Waals surface area contributed by atoms with Crippen LogP contribution < -0.4 is 15.4 Å². The molecule has 1 unspecified atom stereocenters. The molecule has 3 heterocycles. The van der Waals surface area contributed by atoms with E-state index in [1.165, 1.54) is 0 Å². The van der Waals surface area contributed by atoms with Crippen molar-refractivity contribution >= 4 is 21.8 Å². The topological polar surface area (TPSA) is 68.2 Å². The fraction of sp³-hybridized carbons (Fsp3) is 0.412. The summed E-state index contributed by atoms with van der Waals surface area (Å²) >= 11 is 3.50. The van der Waals surface area contributed by atoms with Gasteiger partial charge in [0.25, 0.3) is 0 Å². The first kappa shape index (κ1) is 15.7. The van der Waals surface area contributed by atoms with E-state index in [1.807, 2.05) is 35.1 Å². The van der Waals surface area contributed by atoms with E-state index in [9.17, 15) is 4.79 Å². The molecule has 0 radical (unpaired) electrons. The number of ether oxygens (including phenoxy) is 1. The number of carbonyl (C=O) groups excluding carboxylic acids is 1. The Morgan fingerprint density at radius 2 is 2.29 bits per heavy atom. The van der Waals surface area contributed by atoms with Crippen LogP contribution in [0, 0.1) is 5.92 Å². The van der Waals surface area contributed by atoms with Gasteiger partial charge in [0.1, 0.15) is 12.4 Å². The first-order valence-electron chi connectivity index (χ1n) is 8.13. The molecule has 2 aliphatic rings. The van der Waals surface area contributed by atoms with Gasteiger partial charge in [-0.15, -0.1) is 0 Å². The zero-order valence-electron chi connectivity index (χ0n) is 13.1. The van der Waals surface area contributed by atoms with E-state index < -0.39 is 0 Å². The monoisotopic (exact) mass is 390 g/mol. The van der Waals surface area contributed by atoms with Crippen molar-refractivity contribution in [1.82, 2.24) is 20.4 Å². The number of para-hydroxylation sites is 1. The molecule has 4 rings (SSSR count). The first-order chi connectivity index (χ1) is 11.7. The average molecular weight is 391 g/mol. The molecule has 2 aliphatic heterocycles. The van der Waals surface area contributed by atoms with Crippen LogP contribution in [0.2, 0.25) is 0 Å². The second kappa shape index (κ2) is 6.57. The largest absolute Gasteiger partial charge is 0.491 e. The Kier molecular flexibility index (Phi) is 4.28. The maximum atomic E-state index is 12.7. The summed E-state index contributed by atoms with van der Waals surface area (Å²) in [5.74, 6) is 0.746. The zero-order valence-corrected chi connectivity index (χ0v) is 14.7. The molecule has 0 saturated carbocycles. The van der Waals surface area contributed by atoms with Gasteiger partial charge < -0.3 is 15.4 Å². The molecule has 3 atom stereocenters. The highest BCUT2D eigenvalue weighted by Gasteiger charge is 2.33. The van der Waals surface area contributed by atoms with Gasteiger partial charge in [0, 0.05) is 25.5 Å². The highest BCUT2D eigenvalue weighted by molar-refractivity contribution is 9.10. The minimum atomic E-state index is -0.161. The summed E-state index contributed by atoms with van der Waals surface area (Å²) in [5.41, 5.74) is 1.07. The molecular formula is C17H19BrN4O2. The summed E-state index contributed by atoms with van der Waals surface area (Å²) < 4.78 is 8.66. The summed E-state index contributed by atoms with van der Waals surface area (Å²) in [5, 5.41) is 10.8. The maximum Gasteiger partial charge on any atom is 0.227 e. The van der Waals surface area contributed by atoms with Crippen LogP contribution in [0.25, 0.3) is 0 Å². The molecule has 2 aromatic rings. The molecule has 0 aliphatic carbocycles. The molecule has 24 heavy (non-hydrogen) atoms. The van der Waals surface area contributed by atoms with Crippen LogP contribution in [0.1, 0.15) is 11.6 Å². The Morgan fingerprint density at radius 3 is 3.12 bits per heavy atom. The predicted octanol–water partition coefficient (Wildman–Crippen LogP) is 1.53. The van der Waals surface area contributed by atoms with E-state index in [2.05, 4.69) is 31.7 Å². The number of benzene rings is 1. The van der Waals surface area contributed by atoms with Gasteiger partial charge in [-0.05, 0) is 40.0 Å². The van der Waals surface area contributed by atoms with Crippen LogP contribution in [0.3, 0.4) is 0 Å². The van der Waals surface area contributed by atoms with Gasteiger partial charge in [-0.1, -0.05) is 12.1 Å². The molecular weight excluding hydrogens is 372 g/mol. The van der Waals surface area contributed by atoms with Crippen molar-refractivity contribution in [3.8, 4) is 5.75 Å². The zero-order chi connectivity index (χ0) is 16.5. The highest BCUT2D eigenvalue weighted by Crippen LogP contribution is 2.34. The van der Waals surface area contributed by atoms with Crippen molar-refractivity contribution in [3.63, 3.8) is 0 Å². The van der Waals surface area contributed by atoms with Crippen molar-refractivity contribution in [1.29, 1.82) is 0 Å². The number of carbonyl (C=O) groups is 1. The van der Waals surface area contributed by atoms with Gasteiger partial charge in [-0.2, -0.15) is 5.10 Å². The van der Waals surface area contributed by atoms with Crippen molar-refractivity contribution < 1.29 is 9.53 Å². The summed E-state index contributed by atoms with van der Waals surface area (Å²) in [6, 6.07) is 8.04. The summed E-state index contributed by atoms with van der Waals surface area (Å²) in [4.78, 5) is 12.7. The van der Waals surface area contributed by atoms with Crippen molar-refractivity contribution in [2.24, 2.45) is 5.92 Å². The van der Waals surface area contributed by atoms with E-state index in [4.69, 9.17) is 4.74 Å². The van der Waals surface area contributed by atoms with E-state index in [1.54, 1.807) is 6.20 Å². The number of rotatable bonds is 3. The molecule has 7 heteroatoms. The third-order valence-corrected chi connectivity index (χ3v) is 5.31.